The first-order valence-electron chi connectivity index (χ1n) is 13.3. The summed E-state index contributed by atoms with van der Waals surface area (Å²) in [6, 6.07) is 18.6. The van der Waals surface area contributed by atoms with E-state index < -0.39 is 101 Å². The van der Waals surface area contributed by atoms with Gasteiger partial charge in [0.05, 0.1) is 29.4 Å². The van der Waals surface area contributed by atoms with E-state index in [0.717, 1.165) is 12.1 Å². The summed E-state index contributed by atoms with van der Waals surface area (Å²) in [7, 11) is -34.0. The third-order valence-corrected chi connectivity index (χ3v) is 13.2. The van der Waals surface area contributed by atoms with Crippen LogP contribution in [0.5, 0.6) is 0 Å². The molecule has 0 saturated carbocycles. The largest absolute Gasteiger partial charge is 2.00 e. The van der Waals surface area contributed by atoms with Gasteiger partial charge in [-0.1, -0.05) is 48.5 Å². The Balaban J connectivity index is 0.000000360. The fourth-order valence-electron chi connectivity index (χ4n) is 5.37. The van der Waals surface area contributed by atoms with Gasteiger partial charge in [0.25, 0.3) is 0 Å². The van der Waals surface area contributed by atoms with Crippen molar-refractivity contribution in [3.8, 4) is 0 Å². The van der Waals surface area contributed by atoms with Gasteiger partial charge >= 0.3 is 113 Å². The summed E-state index contributed by atoms with van der Waals surface area (Å²) in [4.78, 5) is -9.97. The fraction of sp³-hybridized carbons (Fsp3) is 0. The van der Waals surface area contributed by atoms with E-state index in [2.05, 4.69) is 0 Å². The Morgan fingerprint density at radius 1 is 0.291 bits per heavy atom. The van der Waals surface area contributed by atoms with Crippen LogP contribution in [-0.2, 0) is 60.7 Å². The van der Waals surface area contributed by atoms with Crippen LogP contribution in [0.2, 0.25) is 0 Å². The first-order valence-corrected chi connectivity index (χ1v) is 21.8. The van der Waals surface area contributed by atoms with Gasteiger partial charge in [-0.3, -0.25) is 0 Å². The summed E-state index contributed by atoms with van der Waals surface area (Å²) < 4.78 is 208. The summed E-state index contributed by atoms with van der Waals surface area (Å²) in [5.41, 5.74) is 0. The average molecular weight is 951 g/mol. The van der Waals surface area contributed by atoms with Crippen molar-refractivity contribution in [2.24, 2.45) is 0 Å². The minimum atomic E-state index is -5.78. The molecule has 0 aromatic heterocycles. The molecule has 0 spiro atoms. The summed E-state index contributed by atoms with van der Waals surface area (Å²) in [6.07, 6.45) is 0. The van der Waals surface area contributed by atoms with E-state index in [0.29, 0.717) is 33.7 Å². The van der Waals surface area contributed by atoms with Crippen molar-refractivity contribution in [1.82, 2.24) is 0 Å². The third kappa shape index (κ3) is 11.1. The molecule has 18 nitrogen and oxygen atoms in total. The van der Waals surface area contributed by atoms with Crippen molar-refractivity contribution in [2.45, 2.75) is 29.4 Å². The molecule has 0 heterocycles. The first-order chi connectivity index (χ1) is 23.6. The minimum absolute atomic E-state index is 0. The predicted octanol–water partition coefficient (Wildman–Crippen LogP) is 0.268. The Morgan fingerprint density at radius 2 is 0.527 bits per heavy atom. The number of hydrogen-bond acceptors (Lipinski definition) is 18. The molecule has 0 aliphatic heterocycles. The van der Waals surface area contributed by atoms with Crippen molar-refractivity contribution in [2.75, 3.05) is 0 Å². The second kappa shape index (κ2) is 17.7. The van der Waals surface area contributed by atoms with E-state index in [1.807, 2.05) is 0 Å². The van der Waals surface area contributed by atoms with Crippen molar-refractivity contribution in [1.29, 1.82) is 0 Å². The zero-order valence-corrected chi connectivity index (χ0v) is 38.5. The molecule has 27 heteroatoms. The van der Waals surface area contributed by atoms with Gasteiger partial charge in [0, 0.05) is 10.8 Å². The van der Waals surface area contributed by atoms with Crippen molar-refractivity contribution in [3.05, 3.63) is 84.9 Å². The Labute approximate surface area is 402 Å². The molecule has 0 bridgehead atoms. The quantitative estimate of drug-likeness (QED) is 0.123. The molecular weight excluding hydrogens is 937 g/mol. The van der Waals surface area contributed by atoms with E-state index in [1.54, 1.807) is 36.4 Å². The maximum absolute atomic E-state index is 11.7. The fourth-order valence-corrected chi connectivity index (χ4v) is 12.0. The molecule has 6 rings (SSSR count). The standard InChI is InChI=1S/2C14H10O9S3.3Ca/c2*15-24(16,17)12-7-10-5-8-3-1-2-4-9(8)6-11(10)13(25(18,19)20)14(12)26(21,22)23;;;/h2*1-7H,(H,15,16,17)(H,18,19,20)(H,21,22,23);;;/q;;3*+2/p-6. The molecule has 0 atom stereocenters. The second-order valence-corrected chi connectivity index (χ2v) is 18.6. The third-order valence-electron chi connectivity index (χ3n) is 7.30. The summed E-state index contributed by atoms with van der Waals surface area (Å²) in [6.45, 7) is 0. The van der Waals surface area contributed by atoms with Crippen LogP contribution in [0, 0.1) is 0 Å². The average Bonchev–Trinajstić information content (AvgIpc) is 2.98. The maximum Gasteiger partial charge on any atom is 2.00 e. The number of benzene rings is 6. The zero-order chi connectivity index (χ0) is 39.0. The minimum Gasteiger partial charge on any atom is -0.744 e. The topological polar surface area (TPSA) is 343 Å². The summed E-state index contributed by atoms with van der Waals surface area (Å²) in [5, 5.41) is 0.470. The van der Waals surface area contributed by atoms with Gasteiger partial charge < -0.3 is 27.3 Å². The van der Waals surface area contributed by atoms with Crippen LogP contribution in [0.3, 0.4) is 0 Å². The molecule has 0 aliphatic rings. The predicted molar refractivity (Wildman–Crippen MR) is 188 cm³/mol. The van der Waals surface area contributed by atoms with Crippen LogP contribution in [0.25, 0.3) is 43.1 Å². The molecule has 0 fully saturated rings. The van der Waals surface area contributed by atoms with Crippen LogP contribution in [-0.4, -0.2) is 191 Å². The summed E-state index contributed by atoms with van der Waals surface area (Å²) in [5.74, 6) is 0. The van der Waals surface area contributed by atoms with Crippen molar-refractivity contribution in [3.63, 3.8) is 0 Å². The normalized spacial score (nSPS) is 12.6. The van der Waals surface area contributed by atoms with Gasteiger partial charge in [0.15, 0.2) is 0 Å². The van der Waals surface area contributed by atoms with E-state index in [-0.39, 0.29) is 124 Å². The van der Waals surface area contributed by atoms with E-state index in [4.69, 9.17) is 0 Å². The van der Waals surface area contributed by atoms with Crippen LogP contribution in [0.1, 0.15) is 0 Å². The molecule has 0 N–H and O–H groups in total. The van der Waals surface area contributed by atoms with E-state index in [9.17, 15) is 77.8 Å². The molecule has 55 heavy (non-hydrogen) atoms. The number of rotatable bonds is 6. The number of fused-ring (bicyclic) bond motifs is 4. The van der Waals surface area contributed by atoms with Gasteiger partial charge in [0.1, 0.15) is 60.7 Å². The van der Waals surface area contributed by atoms with Gasteiger partial charge in [-0.05, 0) is 68.7 Å². The molecule has 0 unspecified atom stereocenters. The van der Waals surface area contributed by atoms with Crippen LogP contribution >= 0.6 is 0 Å². The molecule has 6 aromatic rings. The van der Waals surface area contributed by atoms with Crippen LogP contribution in [0.15, 0.2) is 114 Å². The summed E-state index contributed by atoms with van der Waals surface area (Å²) >= 11 is 0. The molecule has 0 radical (unpaired) electrons. The Morgan fingerprint density at radius 3 is 0.745 bits per heavy atom. The van der Waals surface area contributed by atoms with E-state index in [1.165, 1.54) is 24.3 Å². The van der Waals surface area contributed by atoms with Gasteiger partial charge in [-0.2, -0.15) is 0 Å². The second-order valence-electron chi connectivity index (χ2n) is 10.6. The first kappa shape index (κ1) is 50.7. The Bertz CT molecular complexity index is 3010. The molecule has 0 aliphatic carbocycles. The van der Waals surface area contributed by atoms with Gasteiger partial charge in [0.2, 0.25) is 0 Å². The van der Waals surface area contributed by atoms with Crippen LogP contribution < -0.4 is 0 Å². The van der Waals surface area contributed by atoms with Crippen LogP contribution in [0.4, 0.5) is 0 Å². The smallest absolute Gasteiger partial charge is 0.744 e. The van der Waals surface area contributed by atoms with Gasteiger partial charge in [-0.25, -0.2) is 50.5 Å². The molecular formula is C28H14Ca3O18S6. The van der Waals surface area contributed by atoms with E-state index >= 15 is 0 Å². The molecule has 0 amide bonds. The monoisotopic (exact) mass is 950 g/mol. The Hall–Kier alpha value is -0.401. The number of hydrogen-bond donors (Lipinski definition) is 0. The molecule has 276 valence electrons. The van der Waals surface area contributed by atoms with Crippen molar-refractivity contribution >= 4 is 217 Å². The zero-order valence-electron chi connectivity index (χ0n) is 27.0. The molecule has 0 saturated heterocycles. The van der Waals surface area contributed by atoms with Crippen molar-refractivity contribution < 1.29 is 77.8 Å². The maximum atomic E-state index is 11.7. The molecule has 6 aromatic carbocycles. The Kier molecular flexibility index (Phi) is 16.3. The SMILES string of the molecule is O=S(=O)([O-])c1cc2cc3ccccc3cc2c(S(=O)(=O)[O-])c1S(=O)(=O)[O-].O=S(=O)([O-])c1cc2cc3ccccc3cc2c(S(=O)(=O)[O-])c1S(=O)(=O)[O-].[Ca+2].[Ca+2].[Ca+2]. The van der Waals surface area contributed by atoms with Gasteiger partial charge in [-0.15, -0.1) is 0 Å².